The summed E-state index contributed by atoms with van der Waals surface area (Å²) in [5.74, 6) is 2.64. The fourth-order valence-corrected chi connectivity index (χ4v) is 3.29. The van der Waals surface area contributed by atoms with E-state index in [1.165, 1.54) is 0 Å². The molecule has 0 aliphatic carbocycles. The van der Waals surface area contributed by atoms with E-state index in [0.717, 1.165) is 49.9 Å². The van der Waals surface area contributed by atoms with E-state index in [9.17, 15) is 4.79 Å². The van der Waals surface area contributed by atoms with Crippen molar-refractivity contribution >= 4 is 35.8 Å². The summed E-state index contributed by atoms with van der Waals surface area (Å²) in [4.78, 5) is 18.8. The predicted octanol–water partition coefficient (Wildman–Crippen LogP) is 3.28. The molecule has 0 bridgehead atoms. The summed E-state index contributed by atoms with van der Waals surface area (Å²) < 4.78 is 11.2. The molecule has 1 aliphatic rings. The Bertz CT molecular complexity index is 676. The SMILES string of the molecule is CCNC(=NCC(C)Oc1cccc(OC)c1)NC1CCN(C(=O)C(C)C)CC1.I. The molecule has 1 amide bonds. The first-order valence-corrected chi connectivity index (χ1v) is 10.6. The van der Waals surface area contributed by atoms with Gasteiger partial charge in [-0.15, -0.1) is 24.0 Å². The monoisotopic (exact) mass is 532 g/mol. The van der Waals surface area contributed by atoms with Crippen molar-refractivity contribution in [1.29, 1.82) is 0 Å². The first-order valence-electron chi connectivity index (χ1n) is 10.6. The number of benzene rings is 1. The number of halogens is 1. The number of carbonyl (C=O) groups excluding carboxylic acids is 1. The van der Waals surface area contributed by atoms with Gasteiger partial charge in [0.05, 0.1) is 13.7 Å². The van der Waals surface area contributed by atoms with E-state index in [2.05, 4.69) is 22.5 Å². The highest BCUT2D eigenvalue weighted by Crippen LogP contribution is 2.20. The van der Waals surface area contributed by atoms with Gasteiger partial charge in [-0.05, 0) is 38.8 Å². The molecule has 1 aliphatic heterocycles. The van der Waals surface area contributed by atoms with Gasteiger partial charge in [-0.3, -0.25) is 4.79 Å². The summed E-state index contributed by atoms with van der Waals surface area (Å²) in [6.07, 6.45) is 1.79. The van der Waals surface area contributed by atoms with E-state index >= 15 is 0 Å². The van der Waals surface area contributed by atoms with Crippen LogP contribution < -0.4 is 20.1 Å². The first-order chi connectivity index (χ1) is 13.9. The molecular weight excluding hydrogens is 495 g/mol. The zero-order chi connectivity index (χ0) is 21.2. The molecule has 1 saturated heterocycles. The lowest BCUT2D eigenvalue weighted by atomic mass is 10.0. The van der Waals surface area contributed by atoms with Gasteiger partial charge in [0, 0.05) is 37.7 Å². The van der Waals surface area contributed by atoms with Crippen LogP contribution in [0.25, 0.3) is 0 Å². The lowest BCUT2D eigenvalue weighted by Crippen LogP contribution is -2.50. The average Bonchev–Trinajstić information content (AvgIpc) is 2.72. The van der Waals surface area contributed by atoms with E-state index in [1.54, 1.807) is 7.11 Å². The number of guanidine groups is 1. The molecule has 1 aromatic rings. The normalized spacial score (nSPS) is 15.9. The Morgan fingerprint density at radius 1 is 1.23 bits per heavy atom. The number of ether oxygens (including phenoxy) is 2. The van der Waals surface area contributed by atoms with Crippen LogP contribution in [0.5, 0.6) is 11.5 Å². The molecule has 1 atom stereocenters. The Hall–Kier alpha value is -1.71. The number of amides is 1. The summed E-state index contributed by atoms with van der Waals surface area (Å²) in [5.41, 5.74) is 0. The molecule has 2 N–H and O–H groups in total. The van der Waals surface area contributed by atoms with Crippen molar-refractivity contribution in [1.82, 2.24) is 15.5 Å². The minimum Gasteiger partial charge on any atom is -0.497 e. The Morgan fingerprint density at radius 3 is 2.50 bits per heavy atom. The quantitative estimate of drug-likeness (QED) is 0.306. The summed E-state index contributed by atoms with van der Waals surface area (Å²) in [6.45, 7) is 10.9. The Morgan fingerprint density at radius 2 is 1.90 bits per heavy atom. The molecule has 0 spiro atoms. The number of hydrogen-bond acceptors (Lipinski definition) is 4. The maximum Gasteiger partial charge on any atom is 0.225 e. The van der Waals surface area contributed by atoms with Crippen LogP contribution in [-0.4, -0.2) is 62.2 Å². The number of likely N-dealkylation sites (tertiary alicyclic amines) is 1. The number of nitrogens with one attached hydrogen (secondary N) is 2. The van der Waals surface area contributed by atoms with E-state index < -0.39 is 0 Å². The van der Waals surface area contributed by atoms with Crippen molar-refractivity contribution in [3.63, 3.8) is 0 Å². The molecule has 1 heterocycles. The number of hydrogen-bond donors (Lipinski definition) is 2. The Labute approximate surface area is 198 Å². The van der Waals surface area contributed by atoms with Gasteiger partial charge in [-0.1, -0.05) is 19.9 Å². The number of aliphatic imine (C=N–C) groups is 1. The van der Waals surface area contributed by atoms with E-state index in [4.69, 9.17) is 9.47 Å². The molecule has 1 fully saturated rings. The third-order valence-electron chi connectivity index (χ3n) is 4.87. The van der Waals surface area contributed by atoms with Crippen LogP contribution in [0.15, 0.2) is 29.3 Å². The summed E-state index contributed by atoms with van der Waals surface area (Å²) in [5, 5.41) is 6.81. The maximum atomic E-state index is 12.1. The van der Waals surface area contributed by atoms with E-state index in [0.29, 0.717) is 12.6 Å². The van der Waals surface area contributed by atoms with Crippen molar-refractivity contribution in [3.05, 3.63) is 24.3 Å². The zero-order valence-electron chi connectivity index (χ0n) is 18.8. The number of carbonyl (C=O) groups is 1. The topological polar surface area (TPSA) is 75.2 Å². The predicted molar refractivity (Wildman–Crippen MR) is 132 cm³/mol. The van der Waals surface area contributed by atoms with Crippen molar-refractivity contribution in [3.8, 4) is 11.5 Å². The minimum absolute atomic E-state index is 0. The van der Waals surface area contributed by atoms with Crippen LogP contribution >= 0.6 is 24.0 Å². The summed E-state index contributed by atoms with van der Waals surface area (Å²) in [6, 6.07) is 7.90. The Kier molecular flexibility index (Phi) is 11.9. The number of piperidine rings is 1. The van der Waals surface area contributed by atoms with Gasteiger partial charge < -0.3 is 25.0 Å². The van der Waals surface area contributed by atoms with Gasteiger partial charge >= 0.3 is 0 Å². The van der Waals surface area contributed by atoms with Crippen LogP contribution in [0, 0.1) is 5.92 Å². The number of nitrogens with zero attached hydrogens (tertiary/aromatic N) is 2. The highest BCUT2D eigenvalue weighted by atomic mass is 127. The van der Waals surface area contributed by atoms with Gasteiger partial charge in [0.2, 0.25) is 5.91 Å². The van der Waals surface area contributed by atoms with Crippen LogP contribution in [0.3, 0.4) is 0 Å². The Balaban J connectivity index is 0.00000450. The molecule has 0 aromatic heterocycles. The third-order valence-corrected chi connectivity index (χ3v) is 4.87. The van der Waals surface area contributed by atoms with Gasteiger partial charge in [-0.2, -0.15) is 0 Å². The van der Waals surface area contributed by atoms with Gasteiger partial charge in [-0.25, -0.2) is 4.99 Å². The molecule has 0 radical (unpaired) electrons. The summed E-state index contributed by atoms with van der Waals surface area (Å²) >= 11 is 0. The van der Waals surface area contributed by atoms with Crippen LogP contribution in [-0.2, 0) is 4.79 Å². The van der Waals surface area contributed by atoms with E-state index in [1.807, 2.05) is 49.9 Å². The largest absolute Gasteiger partial charge is 0.497 e. The van der Waals surface area contributed by atoms with Crippen LogP contribution in [0.4, 0.5) is 0 Å². The first kappa shape index (κ1) is 26.3. The van der Waals surface area contributed by atoms with Gasteiger partial charge in [0.1, 0.15) is 17.6 Å². The fraction of sp³-hybridized carbons (Fsp3) is 0.636. The highest BCUT2D eigenvalue weighted by Gasteiger charge is 2.24. The lowest BCUT2D eigenvalue weighted by Gasteiger charge is -2.34. The zero-order valence-corrected chi connectivity index (χ0v) is 21.1. The van der Waals surface area contributed by atoms with Crippen LogP contribution in [0.2, 0.25) is 0 Å². The second kappa shape index (κ2) is 13.6. The lowest BCUT2D eigenvalue weighted by molar-refractivity contribution is -0.135. The smallest absolute Gasteiger partial charge is 0.225 e. The molecule has 2 rings (SSSR count). The molecule has 1 aromatic carbocycles. The molecule has 1 unspecified atom stereocenters. The minimum atomic E-state index is -0.0666. The number of rotatable bonds is 8. The van der Waals surface area contributed by atoms with Gasteiger partial charge in [0.25, 0.3) is 0 Å². The highest BCUT2D eigenvalue weighted by molar-refractivity contribution is 14.0. The van der Waals surface area contributed by atoms with Crippen LogP contribution in [0.1, 0.15) is 40.5 Å². The van der Waals surface area contributed by atoms with Crippen molar-refractivity contribution in [2.75, 3.05) is 33.3 Å². The maximum absolute atomic E-state index is 12.1. The fourth-order valence-electron chi connectivity index (χ4n) is 3.29. The third kappa shape index (κ3) is 8.57. The molecule has 170 valence electrons. The second-order valence-electron chi connectivity index (χ2n) is 7.73. The average molecular weight is 532 g/mol. The van der Waals surface area contributed by atoms with E-state index in [-0.39, 0.29) is 41.9 Å². The van der Waals surface area contributed by atoms with Gasteiger partial charge in [0.15, 0.2) is 5.96 Å². The standard InChI is InChI=1S/C22H36N4O3.HI/c1-6-23-22(25-18-10-12-26(13-11-18)21(27)16(2)3)24-15-17(4)29-20-9-7-8-19(14-20)28-5;/h7-9,14,16-18H,6,10-13,15H2,1-5H3,(H2,23,24,25);1H. The van der Waals surface area contributed by atoms with Crippen molar-refractivity contribution < 1.29 is 14.3 Å². The van der Waals surface area contributed by atoms with Crippen molar-refractivity contribution in [2.45, 2.75) is 52.7 Å². The second-order valence-corrected chi connectivity index (χ2v) is 7.73. The molecule has 8 heteroatoms. The molecule has 7 nitrogen and oxygen atoms in total. The molecule has 0 saturated carbocycles. The number of methoxy groups -OCH3 is 1. The molecule has 30 heavy (non-hydrogen) atoms. The molecular formula is C22H37IN4O3. The summed E-state index contributed by atoms with van der Waals surface area (Å²) in [7, 11) is 1.64. The van der Waals surface area contributed by atoms with Crippen molar-refractivity contribution in [2.24, 2.45) is 10.9 Å².